The molecule has 0 fully saturated rings. The van der Waals surface area contributed by atoms with Gasteiger partial charge in [-0.1, -0.05) is 13.8 Å². The number of hydrogen-bond donors (Lipinski definition) is 3. The lowest BCUT2D eigenvalue weighted by molar-refractivity contribution is -0.119. The molecule has 22 heavy (non-hydrogen) atoms. The standard InChI is InChI=1S/C15H26N4O2.HI/c1-5-16-15(19-12(4)11(2)3)18-10-14(20)17-9-13-7-6-8-21-13;/h6-8,11-12H,5,9-10H2,1-4H3,(H,17,20)(H2,16,18,19);1H. The molecule has 0 radical (unpaired) electrons. The second-order valence-corrected chi connectivity index (χ2v) is 5.23. The fraction of sp³-hybridized carbons (Fsp3) is 0.600. The highest BCUT2D eigenvalue weighted by molar-refractivity contribution is 14.0. The smallest absolute Gasteiger partial charge is 0.242 e. The minimum absolute atomic E-state index is 0. The minimum Gasteiger partial charge on any atom is -0.467 e. The normalized spacial score (nSPS) is 12.5. The molecule has 0 aromatic carbocycles. The number of furan rings is 1. The topological polar surface area (TPSA) is 78.7 Å². The Bertz CT molecular complexity index is 446. The van der Waals surface area contributed by atoms with Crippen LogP contribution in [0.5, 0.6) is 0 Å². The molecule has 1 heterocycles. The first-order chi connectivity index (χ1) is 10.0. The van der Waals surface area contributed by atoms with Crippen LogP contribution in [0.15, 0.2) is 27.8 Å². The van der Waals surface area contributed by atoms with Crippen molar-refractivity contribution in [2.45, 2.75) is 40.3 Å². The number of carbonyl (C=O) groups is 1. The molecule has 0 spiro atoms. The van der Waals surface area contributed by atoms with Gasteiger partial charge in [0.2, 0.25) is 5.91 Å². The Morgan fingerprint density at radius 2 is 2.05 bits per heavy atom. The van der Waals surface area contributed by atoms with Gasteiger partial charge in [-0.3, -0.25) is 4.79 Å². The van der Waals surface area contributed by atoms with Crippen LogP contribution >= 0.6 is 24.0 Å². The first-order valence-corrected chi connectivity index (χ1v) is 7.36. The largest absolute Gasteiger partial charge is 0.467 e. The molecule has 0 bridgehead atoms. The molecule has 1 aromatic heterocycles. The first kappa shape index (κ1) is 20.8. The van der Waals surface area contributed by atoms with Crippen LogP contribution < -0.4 is 16.0 Å². The van der Waals surface area contributed by atoms with Crippen LogP contribution in [0, 0.1) is 5.92 Å². The molecule has 7 heteroatoms. The van der Waals surface area contributed by atoms with E-state index in [1.165, 1.54) is 0 Å². The molecular formula is C15H27IN4O2. The Labute approximate surface area is 149 Å². The average molecular weight is 422 g/mol. The number of nitrogens with one attached hydrogen (secondary N) is 3. The first-order valence-electron chi connectivity index (χ1n) is 7.36. The van der Waals surface area contributed by atoms with Crippen LogP contribution in [0.4, 0.5) is 0 Å². The number of nitrogens with zero attached hydrogens (tertiary/aromatic N) is 1. The van der Waals surface area contributed by atoms with Gasteiger partial charge in [-0.05, 0) is 31.9 Å². The SMILES string of the molecule is CCNC(=NCC(=O)NCc1ccco1)NC(C)C(C)C.I. The van der Waals surface area contributed by atoms with Crippen molar-refractivity contribution in [3.8, 4) is 0 Å². The molecule has 1 amide bonds. The van der Waals surface area contributed by atoms with Crippen LogP contribution in [-0.2, 0) is 11.3 Å². The van der Waals surface area contributed by atoms with E-state index in [1.54, 1.807) is 12.3 Å². The molecule has 126 valence electrons. The molecule has 1 rings (SSSR count). The maximum atomic E-state index is 11.8. The van der Waals surface area contributed by atoms with E-state index in [1.807, 2.05) is 13.0 Å². The van der Waals surface area contributed by atoms with Gasteiger partial charge >= 0.3 is 0 Å². The molecule has 1 unspecified atom stereocenters. The summed E-state index contributed by atoms with van der Waals surface area (Å²) in [6, 6.07) is 3.90. The highest BCUT2D eigenvalue weighted by Crippen LogP contribution is 1.99. The summed E-state index contributed by atoms with van der Waals surface area (Å²) in [5.41, 5.74) is 0. The van der Waals surface area contributed by atoms with Crippen molar-refractivity contribution in [1.29, 1.82) is 0 Å². The van der Waals surface area contributed by atoms with Gasteiger partial charge in [0.05, 0.1) is 12.8 Å². The van der Waals surface area contributed by atoms with Gasteiger partial charge in [0, 0.05) is 12.6 Å². The Morgan fingerprint density at radius 3 is 2.59 bits per heavy atom. The number of rotatable bonds is 7. The molecule has 0 saturated heterocycles. The predicted octanol–water partition coefficient (Wildman–Crippen LogP) is 2.11. The summed E-state index contributed by atoms with van der Waals surface area (Å²) in [4.78, 5) is 16.0. The zero-order chi connectivity index (χ0) is 15.7. The van der Waals surface area contributed by atoms with Crippen molar-refractivity contribution < 1.29 is 9.21 Å². The van der Waals surface area contributed by atoms with E-state index in [4.69, 9.17) is 4.42 Å². The second kappa shape index (κ2) is 11.3. The molecule has 3 N–H and O–H groups in total. The van der Waals surface area contributed by atoms with E-state index < -0.39 is 0 Å². The molecule has 0 aliphatic carbocycles. The summed E-state index contributed by atoms with van der Waals surface area (Å²) in [6.45, 7) is 9.58. The van der Waals surface area contributed by atoms with Crippen molar-refractivity contribution in [2.75, 3.05) is 13.1 Å². The van der Waals surface area contributed by atoms with Gasteiger partial charge < -0.3 is 20.4 Å². The highest BCUT2D eigenvalue weighted by atomic mass is 127. The quantitative estimate of drug-likeness (QED) is 0.357. The van der Waals surface area contributed by atoms with E-state index in [9.17, 15) is 4.79 Å². The summed E-state index contributed by atoms with van der Waals surface area (Å²) >= 11 is 0. The number of aliphatic imine (C=N–C) groups is 1. The number of guanidine groups is 1. The van der Waals surface area contributed by atoms with Crippen molar-refractivity contribution in [2.24, 2.45) is 10.9 Å². The Morgan fingerprint density at radius 1 is 1.32 bits per heavy atom. The Kier molecular flexibility index (Phi) is 10.7. The van der Waals surface area contributed by atoms with Crippen LogP contribution in [0.3, 0.4) is 0 Å². The summed E-state index contributed by atoms with van der Waals surface area (Å²) in [5.74, 6) is 1.74. The number of carbonyl (C=O) groups excluding carboxylic acids is 1. The minimum atomic E-state index is -0.138. The molecule has 1 atom stereocenters. The van der Waals surface area contributed by atoms with Crippen molar-refractivity contribution in [1.82, 2.24) is 16.0 Å². The van der Waals surface area contributed by atoms with Gasteiger partial charge in [-0.25, -0.2) is 4.99 Å². The van der Waals surface area contributed by atoms with Crippen LogP contribution in [0.1, 0.15) is 33.5 Å². The van der Waals surface area contributed by atoms with Crippen molar-refractivity contribution in [3.63, 3.8) is 0 Å². The monoisotopic (exact) mass is 422 g/mol. The maximum Gasteiger partial charge on any atom is 0.242 e. The number of hydrogen-bond acceptors (Lipinski definition) is 3. The predicted molar refractivity (Wildman–Crippen MR) is 99.4 cm³/mol. The Hall–Kier alpha value is -1.25. The van der Waals surface area contributed by atoms with Crippen molar-refractivity contribution >= 4 is 35.8 Å². The van der Waals surface area contributed by atoms with Gasteiger partial charge in [-0.2, -0.15) is 0 Å². The van der Waals surface area contributed by atoms with Gasteiger partial charge in [0.1, 0.15) is 12.3 Å². The van der Waals surface area contributed by atoms with E-state index in [0.717, 1.165) is 12.3 Å². The van der Waals surface area contributed by atoms with Crippen molar-refractivity contribution in [3.05, 3.63) is 24.2 Å². The summed E-state index contributed by atoms with van der Waals surface area (Å²) < 4.78 is 5.15. The van der Waals surface area contributed by atoms with E-state index in [2.05, 4.69) is 41.7 Å². The summed E-state index contributed by atoms with van der Waals surface area (Å²) in [6.07, 6.45) is 1.58. The Balaban J connectivity index is 0.00000441. The number of amides is 1. The molecule has 0 aliphatic heterocycles. The fourth-order valence-corrected chi connectivity index (χ4v) is 1.51. The average Bonchev–Trinajstić information content (AvgIpc) is 2.95. The van der Waals surface area contributed by atoms with Gasteiger partial charge in [0.25, 0.3) is 0 Å². The van der Waals surface area contributed by atoms with E-state index in [-0.39, 0.29) is 42.5 Å². The van der Waals surface area contributed by atoms with Gasteiger partial charge in [-0.15, -0.1) is 24.0 Å². The lowest BCUT2D eigenvalue weighted by Crippen LogP contribution is -2.44. The third-order valence-electron chi connectivity index (χ3n) is 3.13. The maximum absolute atomic E-state index is 11.8. The second-order valence-electron chi connectivity index (χ2n) is 5.23. The van der Waals surface area contributed by atoms with Crippen LogP contribution in [0.25, 0.3) is 0 Å². The summed E-state index contributed by atoms with van der Waals surface area (Å²) in [5, 5.41) is 9.18. The van der Waals surface area contributed by atoms with Crippen LogP contribution in [0.2, 0.25) is 0 Å². The third-order valence-corrected chi connectivity index (χ3v) is 3.13. The molecule has 6 nitrogen and oxygen atoms in total. The highest BCUT2D eigenvalue weighted by Gasteiger charge is 2.09. The molecule has 1 aromatic rings. The fourth-order valence-electron chi connectivity index (χ4n) is 1.51. The summed E-state index contributed by atoms with van der Waals surface area (Å²) in [7, 11) is 0. The van der Waals surface area contributed by atoms with Gasteiger partial charge in [0.15, 0.2) is 5.96 Å². The lowest BCUT2D eigenvalue weighted by atomic mass is 10.1. The molecule has 0 saturated carbocycles. The zero-order valence-electron chi connectivity index (χ0n) is 13.7. The van der Waals surface area contributed by atoms with Crippen LogP contribution in [-0.4, -0.2) is 31.0 Å². The lowest BCUT2D eigenvalue weighted by Gasteiger charge is -2.20. The number of halogens is 1. The van der Waals surface area contributed by atoms with E-state index >= 15 is 0 Å². The zero-order valence-corrected chi connectivity index (χ0v) is 16.0. The molecular weight excluding hydrogens is 395 g/mol. The third kappa shape index (κ3) is 8.26. The molecule has 0 aliphatic rings. The van der Waals surface area contributed by atoms with E-state index in [0.29, 0.717) is 18.4 Å².